The smallest absolute Gasteiger partial charge is 0.309 e. The fraction of sp³-hybridized carbons (Fsp3) is 0.875. The van der Waals surface area contributed by atoms with Crippen LogP contribution in [0.1, 0.15) is 27.7 Å². The van der Waals surface area contributed by atoms with Gasteiger partial charge in [0.15, 0.2) is 0 Å². The number of hydrogen-bond acceptors (Lipinski definition) is 1. The Hall–Kier alpha value is -0.600. The van der Waals surface area contributed by atoms with Crippen LogP contribution in [0.5, 0.6) is 0 Å². The molecule has 0 fully saturated rings. The van der Waals surface area contributed by atoms with Gasteiger partial charge in [0.25, 0.3) is 0 Å². The average Bonchev–Trinajstić information content (AvgIpc) is 1.82. The lowest BCUT2D eigenvalue weighted by Crippen LogP contribution is -2.32. The van der Waals surface area contributed by atoms with Gasteiger partial charge in [-0.2, -0.15) is 0 Å². The number of carboxylic acid groups (broad SMARTS) is 1. The van der Waals surface area contributed by atoms with E-state index >= 15 is 0 Å². The number of aliphatic carboxylic acids is 1. The Bertz CT molecular complexity index is 149. The molecule has 0 aliphatic carbocycles. The first-order chi connectivity index (χ1) is 4.76. The largest absolute Gasteiger partial charge is 0.481 e. The zero-order valence-corrected chi connectivity index (χ0v) is 7.39. The second-order valence-corrected chi connectivity index (χ2v) is 3.89. The third kappa shape index (κ3) is 2.87. The van der Waals surface area contributed by atoms with Crippen molar-refractivity contribution in [3.05, 3.63) is 0 Å². The summed E-state index contributed by atoms with van der Waals surface area (Å²) in [5, 5.41) is 8.48. The second-order valence-electron chi connectivity index (χ2n) is 3.89. The quantitative estimate of drug-likeness (QED) is 0.675. The highest BCUT2D eigenvalue weighted by Crippen LogP contribution is 2.28. The molecule has 0 amide bonds. The van der Waals surface area contributed by atoms with Crippen molar-refractivity contribution in [2.24, 2.45) is 11.3 Å². The molecule has 2 atom stereocenters. The number of halogens is 1. The van der Waals surface area contributed by atoms with E-state index in [-0.39, 0.29) is 0 Å². The number of alkyl halides is 1. The maximum absolute atomic E-state index is 13.2. The Balaban J connectivity index is 4.25. The molecule has 0 saturated heterocycles. The van der Waals surface area contributed by atoms with E-state index in [0.29, 0.717) is 0 Å². The minimum atomic E-state index is -1.29. The van der Waals surface area contributed by atoms with E-state index in [2.05, 4.69) is 0 Å². The first-order valence-electron chi connectivity index (χ1n) is 3.63. The summed E-state index contributed by atoms with van der Waals surface area (Å²) >= 11 is 0. The van der Waals surface area contributed by atoms with E-state index < -0.39 is 23.5 Å². The van der Waals surface area contributed by atoms with Crippen molar-refractivity contribution in [2.45, 2.75) is 33.9 Å². The lowest BCUT2D eigenvalue weighted by molar-refractivity contribution is -0.145. The van der Waals surface area contributed by atoms with Gasteiger partial charge in [0.05, 0.1) is 5.92 Å². The number of hydrogen-bond donors (Lipinski definition) is 1. The fourth-order valence-electron chi connectivity index (χ4n) is 0.875. The SMILES string of the molecule is CC(C(=O)O)C(F)C(C)(C)C. The maximum atomic E-state index is 13.2. The highest BCUT2D eigenvalue weighted by Gasteiger charge is 2.33. The molecule has 0 aromatic rings. The van der Waals surface area contributed by atoms with E-state index in [1.807, 2.05) is 0 Å². The molecule has 0 spiro atoms. The summed E-state index contributed by atoms with van der Waals surface area (Å²) in [5.74, 6) is -2.00. The lowest BCUT2D eigenvalue weighted by Gasteiger charge is -2.26. The van der Waals surface area contributed by atoms with Gasteiger partial charge in [-0.25, -0.2) is 4.39 Å². The zero-order chi connectivity index (χ0) is 9.23. The molecule has 3 heteroatoms. The molecule has 0 bridgehead atoms. The summed E-state index contributed by atoms with van der Waals surface area (Å²) in [6, 6.07) is 0. The molecule has 2 nitrogen and oxygen atoms in total. The van der Waals surface area contributed by atoms with Crippen LogP contribution in [0.25, 0.3) is 0 Å². The van der Waals surface area contributed by atoms with Crippen LogP contribution in [-0.2, 0) is 4.79 Å². The third-order valence-electron chi connectivity index (χ3n) is 1.66. The molecule has 0 aliphatic heterocycles. The van der Waals surface area contributed by atoms with E-state index in [1.54, 1.807) is 20.8 Å². The Morgan fingerprint density at radius 3 is 1.91 bits per heavy atom. The molecule has 0 aliphatic rings. The monoisotopic (exact) mass is 162 g/mol. The predicted molar refractivity (Wildman–Crippen MR) is 41.2 cm³/mol. The van der Waals surface area contributed by atoms with Crippen molar-refractivity contribution in [1.82, 2.24) is 0 Å². The molecular weight excluding hydrogens is 147 g/mol. The molecule has 0 aromatic heterocycles. The van der Waals surface area contributed by atoms with Crippen LogP contribution in [-0.4, -0.2) is 17.2 Å². The van der Waals surface area contributed by atoms with Crippen molar-refractivity contribution >= 4 is 5.97 Å². The molecule has 66 valence electrons. The molecule has 2 unspecified atom stereocenters. The Labute approximate surface area is 66.4 Å². The summed E-state index contributed by atoms with van der Waals surface area (Å²) in [5.41, 5.74) is -0.586. The lowest BCUT2D eigenvalue weighted by atomic mass is 9.83. The van der Waals surface area contributed by atoms with E-state index in [4.69, 9.17) is 5.11 Å². The van der Waals surface area contributed by atoms with E-state index in [0.717, 1.165) is 0 Å². The topological polar surface area (TPSA) is 37.3 Å². The first kappa shape index (κ1) is 10.4. The highest BCUT2D eigenvalue weighted by atomic mass is 19.1. The van der Waals surface area contributed by atoms with Crippen molar-refractivity contribution in [2.75, 3.05) is 0 Å². The minimum Gasteiger partial charge on any atom is -0.481 e. The van der Waals surface area contributed by atoms with Crippen molar-refractivity contribution < 1.29 is 14.3 Å². The van der Waals surface area contributed by atoms with Crippen molar-refractivity contribution in [3.63, 3.8) is 0 Å². The van der Waals surface area contributed by atoms with Crippen LogP contribution in [0, 0.1) is 11.3 Å². The molecular formula is C8H15FO2. The minimum absolute atomic E-state index is 0.586. The molecule has 0 radical (unpaired) electrons. The van der Waals surface area contributed by atoms with E-state index in [9.17, 15) is 9.18 Å². The molecule has 1 N–H and O–H groups in total. The first-order valence-corrected chi connectivity index (χ1v) is 3.63. The molecule has 0 saturated carbocycles. The summed E-state index contributed by atoms with van der Waals surface area (Å²) in [7, 11) is 0. The fourth-order valence-corrected chi connectivity index (χ4v) is 0.875. The van der Waals surface area contributed by atoms with Crippen molar-refractivity contribution in [1.29, 1.82) is 0 Å². The molecule has 0 rings (SSSR count). The summed E-state index contributed by atoms with van der Waals surface area (Å²) < 4.78 is 13.2. The Morgan fingerprint density at radius 2 is 1.82 bits per heavy atom. The Kier molecular flexibility index (Phi) is 3.02. The van der Waals surface area contributed by atoms with Crippen LogP contribution < -0.4 is 0 Å². The maximum Gasteiger partial charge on any atom is 0.309 e. The van der Waals surface area contributed by atoms with Gasteiger partial charge in [-0.15, -0.1) is 0 Å². The third-order valence-corrected chi connectivity index (χ3v) is 1.66. The summed E-state index contributed by atoms with van der Waals surface area (Å²) in [6.45, 7) is 6.46. The van der Waals surface area contributed by atoms with Crippen LogP contribution >= 0.6 is 0 Å². The van der Waals surface area contributed by atoms with Crippen LogP contribution in [0.2, 0.25) is 0 Å². The van der Waals surface area contributed by atoms with Crippen LogP contribution in [0.4, 0.5) is 4.39 Å². The van der Waals surface area contributed by atoms with Gasteiger partial charge in [-0.3, -0.25) is 4.79 Å². The number of carboxylic acids is 1. The predicted octanol–water partition coefficient (Wildman–Crippen LogP) is 2.09. The standard InChI is InChI=1S/C8H15FO2/c1-5(7(10)11)6(9)8(2,3)4/h5-6H,1-4H3,(H,10,11). The highest BCUT2D eigenvalue weighted by molar-refractivity contribution is 5.70. The van der Waals surface area contributed by atoms with Gasteiger partial charge in [0.1, 0.15) is 6.17 Å². The molecule has 0 aromatic carbocycles. The van der Waals surface area contributed by atoms with Gasteiger partial charge in [-0.1, -0.05) is 20.8 Å². The van der Waals surface area contributed by atoms with Crippen LogP contribution in [0.3, 0.4) is 0 Å². The summed E-state index contributed by atoms with van der Waals surface area (Å²) in [6.07, 6.45) is -1.29. The second kappa shape index (κ2) is 3.20. The van der Waals surface area contributed by atoms with Gasteiger partial charge in [0.2, 0.25) is 0 Å². The van der Waals surface area contributed by atoms with Crippen molar-refractivity contribution in [3.8, 4) is 0 Å². The van der Waals surface area contributed by atoms with Gasteiger partial charge >= 0.3 is 5.97 Å². The number of rotatable bonds is 2. The zero-order valence-electron chi connectivity index (χ0n) is 7.39. The number of carbonyl (C=O) groups is 1. The van der Waals surface area contributed by atoms with Gasteiger partial charge < -0.3 is 5.11 Å². The van der Waals surface area contributed by atoms with Gasteiger partial charge in [0, 0.05) is 0 Å². The average molecular weight is 162 g/mol. The summed E-state index contributed by atoms with van der Waals surface area (Å²) in [4.78, 5) is 10.3. The van der Waals surface area contributed by atoms with Gasteiger partial charge in [-0.05, 0) is 12.3 Å². The Morgan fingerprint density at radius 1 is 1.45 bits per heavy atom. The normalized spacial score (nSPS) is 17.5. The van der Waals surface area contributed by atoms with E-state index in [1.165, 1.54) is 6.92 Å². The molecule has 0 heterocycles. The van der Waals surface area contributed by atoms with Crippen LogP contribution in [0.15, 0.2) is 0 Å². The molecule has 11 heavy (non-hydrogen) atoms.